The van der Waals surface area contributed by atoms with E-state index in [1.54, 1.807) is 11.8 Å². The first-order chi connectivity index (χ1) is 9.49. The molecular weight excluding hydrogens is 276 g/mol. The van der Waals surface area contributed by atoms with Gasteiger partial charge in [0.25, 0.3) is 0 Å². The Balaban J connectivity index is 0.00000172. The van der Waals surface area contributed by atoms with Crippen LogP contribution in [-0.4, -0.2) is 49.8 Å². The molecule has 0 saturated heterocycles. The fraction of sp³-hybridized carbons (Fsp3) is 0.692. The zero-order valence-corrected chi connectivity index (χ0v) is 13.9. The maximum absolute atomic E-state index is 12.0. The summed E-state index contributed by atoms with van der Waals surface area (Å²) in [6, 6.07) is -0.199. The van der Waals surface area contributed by atoms with Gasteiger partial charge in [-0.3, -0.25) is 4.79 Å². The van der Waals surface area contributed by atoms with Gasteiger partial charge in [0.1, 0.15) is 12.1 Å². The first kappa shape index (κ1) is 18.6. The minimum absolute atomic E-state index is 0.0615. The molecule has 1 aromatic rings. The van der Waals surface area contributed by atoms with Gasteiger partial charge in [-0.05, 0) is 27.7 Å². The fourth-order valence-electron chi connectivity index (χ4n) is 1.27. The Morgan fingerprint density at radius 3 is 2.35 bits per heavy atom. The number of nitrogens with zero attached hydrogens (tertiary/aromatic N) is 4. The average molecular weight is 300 g/mol. The van der Waals surface area contributed by atoms with Gasteiger partial charge in [-0.25, -0.2) is 9.78 Å². The molecular formula is C13H24N4O2S. The SMILES string of the molecule is CC.CCN(CC)C(=O)n1cnc(SC(C)C(C)=O)n1. The van der Waals surface area contributed by atoms with Gasteiger partial charge in [0, 0.05) is 13.1 Å². The molecule has 1 rings (SSSR count). The van der Waals surface area contributed by atoms with E-state index in [-0.39, 0.29) is 17.1 Å². The van der Waals surface area contributed by atoms with Gasteiger partial charge in [0.2, 0.25) is 5.16 Å². The second-order valence-electron chi connectivity index (χ2n) is 3.80. The fourth-order valence-corrected chi connectivity index (χ4v) is 2.00. The summed E-state index contributed by atoms with van der Waals surface area (Å²) >= 11 is 1.25. The average Bonchev–Trinajstić information content (AvgIpc) is 2.90. The molecule has 1 unspecified atom stereocenters. The summed E-state index contributed by atoms with van der Waals surface area (Å²) in [5.41, 5.74) is 0. The molecule has 0 N–H and O–H groups in total. The molecule has 0 aliphatic carbocycles. The summed E-state index contributed by atoms with van der Waals surface area (Å²) < 4.78 is 1.21. The quantitative estimate of drug-likeness (QED) is 0.782. The van der Waals surface area contributed by atoms with Crippen LogP contribution in [0.2, 0.25) is 0 Å². The second-order valence-corrected chi connectivity index (χ2v) is 5.11. The third-order valence-electron chi connectivity index (χ3n) is 2.56. The van der Waals surface area contributed by atoms with Crippen LogP contribution in [-0.2, 0) is 4.79 Å². The molecule has 1 amide bonds. The number of Topliss-reactive ketones (excluding diaryl/α,β-unsaturated/α-hetero) is 1. The highest BCUT2D eigenvalue weighted by Crippen LogP contribution is 2.19. The van der Waals surface area contributed by atoms with E-state index in [1.807, 2.05) is 27.7 Å². The predicted molar refractivity (Wildman–Crippen MR) is 81.1 cm³/mol. The summed E-state index contributed by atoms with van der Waals surface area (Å²) in [7, 11) is 0. The molecule has 0 saturated carbocycles. The summed E-state index contributed by atoms with van der Waals surface area (Å²) in [5.74, 6) is 0.0615. The van der Waals surface area contributed by atoms with Crippen molar-refractivity contribution in [2.45, 2.75) is 51.9 Å². The molecule has 0 bridgehead atoms. The monoisotopic (exact) mass is 300 g/mol. The number of ketones is 1. The zero-order chi connectivity index (χ0) is 15.7. The Bertz CT molecular complexity index is 430. The number of hydrogen-bond donors (Lipinski definition) is 0. The highest BCUT2D eigenvalue weighted by molar-refractivity contribution is 8.00. The van der Waals surface area contributed by atoms with E-state index in [2.05, 4.69) is 10.1 Å². The van der Waals surface area contributed by atoms with Crippen molar-refractivity contribution in [2.75, 3.05) is 13.1 Å². The van der Waals surface area contributed by atoms with Crippen molar-refractivity contribution in [1.29, 1.82) is 0 Å². The van der Waals surface area contributed by atoms with Crippen molar-refractivity contribution in [3.63, 3.8) is 0 Å². The van der Waals surface area contributed by atoms with Crippen LogP contribution in [0, 0.1) is 0 Å². The van der Waals surface area contributed by atoms with Gasteiger partial charge < -0.3 is 4.90 Å². The lowest BCUT2D eigenvalue weighted by molar-refractivity contribution is -0.116. The van der Waals surface area contributed by atoms with E-state index in [4.69, 9.17) is 0 Å². The van der Waals surface area contributed by atoms with Crippen molar-refractivity contribution in [1.82, 2.24) is 19.7 Å². The molecule has 0 aliphatic heterocycles. The lowest BCUT2D eigenvalue weighted by Gasteiger charge is -2.17. The summed E-state index contributed by atoms with van der Waals surface area (Å²) in [6.07, 6.45) is 1.38. The van der Waals surface area contributed by atoms with Gasteiger partial charge in [-0.2, -0.15) is 4.68 Å². The number of amides is 1. The van der Waals surface area contributed by atoms with Crippen LogP contribution in [0.3, 0.4) is 0 Å². The van der Waals surface area contributed by atoms with Crippen LogP contribution in [0.5, 0.6) is 0 Å². The number of carbonyl (C=O) groups excluding carboxylic acids is 2. The number of rotatable bonds is 5. The molecule has 1 atom stereocenters. The first-order valence-corrected chi connectivity index (χ1v) is 7.75. The van der Waals surface area contributed by atoms with E-state index in [9.17, 15) is 9.59 Å². The van der Waals surface area contributed by atoms with Crippen LogP contribution < -0.4 is 0 Å². The van der Waals surface area contributed by atoms with Crippen molar-refractivity contribution in [3.05, 3.63) is 6.33 Å². The van der Waals surface area contributed by atoms with Gasteiger partial charge in [0.05, 0.1) is 5.25 Å². The largest absolute Gasteiger partial charge is 0.346 e. The second kappa shape index (κ2) is 9.52. The number of hydrogen-bond acceptors (Lipinski definition) is 5. The Labute approximate surface area is 124 Å². The number of carbonyl (C=O) groups is 2. The molecule has 20 heavy (non-hydrogen) atoms. The zero-order valence-electron chi connectivity index (χ0n) is 13.1. The Morgan fingerprint density at radius 2 is 1.90 bits per heavy atom. The molecule has 0 radical (unpaired) electrons. The number of aromatic nitrogens is 3. The number of thioether (sulfide) groups is 1. The van der Waals surface area contributed by atoms with Gasteiger partial charge in [-0.15, -0.1) is 5.10 Å². The van der Waals surface area contributed by atoms with Crippen LogP contribution in [0.15, 0.2) is 11.5 Å². The minimum atomic E-state index is -0.204. The molecule has 0 aliphatic rings. The maximum Gasteiger partial charge on any atom is 0.346 e. The summed E-state index contributed by atoms with van der Waals surface area (Å²) in [4.78, 5) is 28.8. The van der Waals surface area contributed by atoms with Crippen LogP contribution >= 0.6 is 11.8 Å². The highest BCUT2D eigenvalue weighted by atomic mass is 32.2. The minimum Gasteiger partial charge on any atom is -0.323 e. The van der Waals surface area contributed by atoms with Gasteiger partial charge in [-0.1, -0.05) is 25.6 Å². The van der Waals surface area contributed by atoms with E-state index in [0.29, 0.717) is 18.2 Å². The van der Waals surface area contributed by atoms with E-state index in [0.717, 1.165) is 0 Å². The lowest BCUT2D eigenvalue weighted by atomic mass is 10.3. The predicted octanol–water partition coefficient (Wildman–Crippen LogP) is 2.68. The first-order valence-electron chi connectivity index (χ1n) is 6.87. The van der Waals surface area contributed by atoms with Crippen molar-refractivity contribution in [2.24, 2.45) is 0 Å². The molecule has 7 heteroatoms. The molecule has 1 aromatic heterocycles. The maximum atomic E-state index is 12.0. The smallest absolute Gasteiger partial charge is 0.323 e. The van der Waals surface area contributed by atoms with E-state index >= 15 is 0 Å². The third-order valence-corrected chi connectivity index (χ3v) is 3.64. The molecule has 1 heterocycles. The van der Waals surface area contributed by atoms with Crippen molar-refractivity contribution < 1.29 is 9.59 Å². The van der Waals surface area contributed by atoms with Crippen molar-refractivity contribution >= 4 is 23.6 Å². The Hall–Kier alpha value is -1.37. The summed E-state index contributed by atoms with van der Waals surface area (Å²) in [5, 5.41) is 4.31. The topological polar surface area (TPSA) is 68.1 Å². The Morgan fingerprint density at radius 1 is 1.35 bits per heavy atom. The Kier molecular flexibility index (Phi) is 8.87. The van der Waals surface area contributed by atoms with Crippen molar-refractivity contribution in [3.8, 4) is 0 Å². The highest BCUT2D eigenvalue weighted by Gasteiger charge is 2.17. The van der Waals surface area contributed by atoms with Gasteiger partial charge >= 0.3 is 6.03 Å². The lowest BCUT2D eigenvalue weighted by Crippen LogP contribution is -2.34. The normalized spacial score (nSPS) is 11.3. The molecule has 0 aromatic carbocycles. The molecule has 0 fully saturated rings. The van der Waals surface area contributed by atoms with Crippen LogP contribution in [0.4, 0.5) is 4.79 Å². The van der Waals surface area contributed by atoms with E-state index in [1.165, 1.54) is 29.7 Å². The summed E-state index contributed by atoms with van der Waals surface area (Å²) in [6.45, 7) is 12.4. The molecule has 6 nitrogen and oxygen atoms in total. The third kappa shape index (κ3) is 5.32. The van der Waals surface area contributed by atoms with E-state index < -0.39 is 0 Å². The molecule has 0 spiro atoms. The van der Waals surface area contributed by atoms with Crippen LogP contribution in [0.25, 0.3) is 0 Å². The standard InChI is InChI=1S/C11H18N4O2S.C2H6/c1-5-14(6-2)11(17)15-7-12-10(13-15)18-9(4)8(3)16;1-2/h7,9H,5-6H2,1-4H3;1-2H3. The van der Waals surface area contributed by atoms with Gasteiger partial charge in [0.15, 0.2) is 0 Å². The molecule has 114 valence electrons. The van der Waals surface area contributed by atoms with Crippen LogP contribution in [0.1, 0.15) is 41.5 Å².